The molecule has 102 valence electrons. The summed E-state index contributed by atoms with van der Waals surface area (Å²) < 4.78 is 11.9. The van der Waals surface area contributed by atoms with Gasteiger partial charge in [0, 0.05) is 6.42 Å². The molecule has 0 bridgehead atoms. The zero-order valence-corrected chi connectivity index (χ0v) is 11.1. The van der Waals surface area contributed by atoms with Crippen LogP contribution >= 0.6 is 0 Å². The van der Waals surface area contributed by atoms with Gasteiger partial charge < -0.3 is 14.6 Å². The number of hydrogen-bond donors (Lipinski definition) is 1. The monoisotopic (exact) mass is 252 g/mol. The Morgan fingerprint density at radius 2 is 1.78 bits per heavy atom. The fourth-order valence-corrected chi connectivity index (χ4v) is 3.58. The third kappa shape index (κ3) is 2.04. The smallest absolute Gasteiger partial charge is 0.176 e. The van der Waals surface area contributed by atoms with Crippen LogP contribution in [0.5, 0.6) is 0 Å². The Balaban J connectivity index is 2.33. The molecule has 1 spiro atoms. The average molecular weight is 252 g/mol. The number of aliphatic hydroxyl groups is 1. The van der Waals surface area contributed by atoms with Crippen LogP contribution in [0.4, 0.5) is 0 Å². The van der Waals surface area contributed by atoms with Crippen LogP contribution in [0.15, 0.2) is 25.3 Å². The van der Waals surface area contributed by atoms with E-state index in [0.29, 0.717) is 19.6 Å². The van der Waals surface area contributed by atoms with Gasteiger partial charge in [-0.25, -0.2) is 0 Å². The first-order valence-corrected chi connectivity index (χ1v) is 6.88. The zero-order valence-electron chi connectivity index (χ0n) is 11.1. The Morgan fingerprint density at radius 3 is 2.39 bits per heavy atom. The van der Waals surface area contributed by atoms with Gasteiger partial charge in [-0.15, -0.1) is 13.2 Å². The normalized spacial score (nSPS) is 32.3. The van der Waals surface area contributed by atoms with Gasteiger partial charge in [0.05, 0.1) is 24.7 Å². The molecule has 1 aliphatic heterocycles. The number of allylic oxidation sites excluding steroid dienone is 1. The minimum Gasteiger partial charge on any atom is -0.392 e. The van der Waals surface area contributed by atoms with E-state index in [0.717, 1.165) is 32.1 Å². The van der Waals surface area contributed by atoms with Crippen molar-refractivity contribution in [2.45, 2.75) is 50.4 Å². The van der Waals surface area contributed by atoms with E-state index in [2.05, 4.69) is 13.2 Å². The van der Waals surface area contributed by atoms with E-state index >= 15 is 0 Å². The second-order valence-corrected chi connectivity index (χ2v) is 5.35. The lowest BCUT2D eigenvalue weighted by molar-refractivity contribution is -0.281. The highest BCUT2D eigenvalue weighted by molar-refractivity contribution is 5.06. The molecule has 0 radical (unpaired) electrons. The Kier molecular flexibility index (Phi) is 4.25. The van der Waals surface area contributed by atoms with Gasteiger partial charge in [0.25, 0.3) is 0 Å². The van der Waals surface area contributed by atoms with E-state index in [9.17, 15) is 5.11 Å². The van der Waals surface area contributed by atoms with Crippen molar-refractivity contribution in [3.8, 4) is 0 Å². The van der Waals surface area contributed by atoms with Crippen molar-refractivity contribution in [2.75, 3.05) is 13.2 Å². The molecule has 2 rings (SSSR count). The molecule has 3 heteroatoms. The molecular formula is C15H24O3. The highest BCUT2D eigenvalue weighted by atomic mass is 16.7. The molecule has 1 saturated carbocycles. The highest BCUT2D eigenvalue weighted by Gasteiger charge is 2.59. The van der Waals surface area contributed by atoms with Crippen molar-refractivity contribution < 1.29 is 14.6 Å². The van der Waals surface area contributed by atoms with Crippen molar-refractivity contribution in [1.29, 1.82) is 0 Å². The first kappa shape index (κ1) is 13.8. The minimum absolute atomic E-state index is 0.363. The predicted octanol–water partition coefficient (Wildman–Crippen LogP) is 2.80. The van der Waals surface area contributed by atoms with Crippen molar-refractivity contribution >= 4 is 0 Å². The van der Waals surface area contributed by atoms with E-state index in [1.807, 2.05) is 6.08 Å². The van der Waals surface area contributed by atoms with E-state index in [1.54, 1.807) is 6.08 Å². The van der Waals surface area contributed by atoms with E-state index in [4.69, 9.17) is 9.47 Å². The Labute approximate surface area is 109 Å². The van der Waals surface area contributed by atoms with Crippen LogP contribution in [0.3, 0.4) is 0 Å². The molecule has 3 nitrogen and oxygen atoms in total. The summed E-state index contributed by atoms with van der Waals surface area (Å²) in [7, 11) is 0. The molecule has 1 heterocycles. The van der Waals surface area contributed by atoms with Crippen molar-refractivity contribution in [3.05, 3.63) is 25.3 Å². The van der Waals surface area contributed by atoms with Gasteiger partial charge in [-0.2, -0.15) is 0 Å². The lowest BCUT2D eigenvalue weighted by Crippen LogP contribution is -2.57. The third-order valence-electron chi connectivity index (χ3n) is 4.43. The topological polar surface area (TPSA) is 38.7 Å². The molecule has 0 amide bonds. The Bertz CT molecular complexity index is 307. The molecule has 0 aromatic rings. The predicted molar refractivity (Wildman–Crippen MR) is 71.2 cm³/mol. The molecule has 0 aromatic carbocycles. The fraction of sp³-hybridized carbons (Fsp3) is 0.733. The van der Waals surface area contributed by atoms with Gasteiger partial charge in [-0.1, -0.05) is 18.6 Å². The third-order valence-corrected chi connectivity index (χ3v) is 4.43. The molecular weight excluding hydrogens is 228 g/mol. The Morgan fingerprint density at radius 1 is 1.11 bits per heavy atom. The summed E-state index contributed by atoms with van der Waals surface area (Å²) in [5.41, 5.74) is -0.363. The molecule has 2 aliphatic rings. The van der Waals surface area contributed by atoms with Crippen molar-refractivity contribution in [1.82, 2.24) is 0 Å². The second-order valence-electron chi connectivity index (χ2n) is 5.35. The van der Waals surface area contributed by atoms with Crippen molar-refractivity contribution in [3.63, 3.8) is 0 Å². The van der Waals surface area contributed by atoms with Crippen LogP contribution in [0, 0.1) is 5.41 Å². The van der Waals surface area contributed by atoms with Gasteiger partial charge in [0.1, 0.15) is 0 Å². The van der Waals surface area contributed by atoms with Gasteiger partial charge in [-0.05, 0) is 25.7 Å². The number of ether oxygens (including phenoxy) is 2. The summed E-state index contributed by atoms with van der Waals surface area (Å²) in [6.07, 6.45) is 8.47. The highest BCUT2D eigenvalue weighted by Crippen LogP contribution is 2.54. The van der Waals surface area contributed by atoms with Crippen LogP contribution in [0.25, 0.3) is 0 Å². The lowest BCUT2D eigenvalue weighted by Gasteiger charge is -2.52. The van der Waals surface area contributed by atoms with Gasteiger partial charge in [-0.3, -0.25) is 0 Å². The summed E-state index contributed by atoms with van der Waals surface area (Å²) in [4.78, 5) is 0. The van der Waals surface area contributed by atoms with E-state index in [-0.39, 0.29) is 5.41 Å². The van der Waals surface area contributed by atoms with Gasteiger partial charge >= 0.3 is 0 Å². The maximum atomic E-state index is 10.6. The maximum Gasteiger partial charge on any atom is 0.176 e. The molecule has 1 aliphatic carbocycles. The maximum absolute atomic E-state index is 10.6. The molecule has 1 saturated heterocycles. The molecule has 1 N–H and O–H groups in total. The molecule has 2 atom stereocenters. The molecule has 18 heavy (non-hydrogen) atoms. The second kappa shape index (κ2) is 5.55. The summed E-state index contributed by atoms with van der Waals surface area (Å²) in [6, 6.07) is 0. The zero-order chi connectivity index (χ0) is 13.1. The standard InChI is InChI=1S/C15H24O3/c1-3-7-13(16)14(8-4-2)9-5-6-10-15(14)17-11-12-18-15/h3-4,13,16H,1-2,5-12H2/t13-,14+/m0/s1. The number of rotatable bonds is 5. The lowest BCUT2D eigenvalue weighted by atomic mass is 9.63. The van der Waals surface area contributed by atoms with Crippen LogP contribution in [-0.4, -0.2) is 30.2 Å². The molecule has 2 fully saturated rings. The number of hydrogen-bond acceptors (Lipinski definition) is 3. The molecule has 0 unspecified atom stereocenters. The van der Waals surface area contributed by atoms with E-state index < -0.39 is 11.9 Å². The summed E-state index contributed by atoms with van der Waals surface area (Å²) in [5.74, 6) is -0.609. The summed E-state index contributed by atoms with van der Waals surface area (Å²) in [6.45, 7) is 8.83. The van der Waals surface area contributed by atoms with Crippen molar-refractivity contribution in [2.24, 2.45) is 5.41 Å². The van der Waals surface area contributed by atoms with Gasteiger partial charge in [0.15, 0.2) is 5.79 Å². The SMILES string of the molecule is C=CC[C@H](O)[C@@]1(CC=C)CCCCC12OCCO2. The largest absolute Gasteiger partial charge is 0.392 e. The first-order chi connectivity index (χ1) is 8.71. The van der Waals surface area contributed by atoms with E-state index in [1.165, 1.54) is 0 Å². The van der Waals surface area contributed by atoms with Crippen LogP contribution < -0.4 is 0 Å². The fourth-order valence-electron chi connectivity index (χ4n) is 3.58. The van der Waals surface area contributed by atoms with Crippen LogP contribution in [0.1, 0.15) is 38.5 Å². The minimum atomic E-state index is -0.609. The first-order valence-electron chi connectivity index (χ1n) is 6.88. The average Bonchev–Trinajstić information content (AvgIpc) is 2.83. The quantitative estimate of drug-likeness (QED) is 0.765. The van der Waals surface area contributed by atoms with Crippen LogP contribution in [0.2, 0.25) is 0 Å². The summed E-state index contributed by atoms with van der Waals surface area (Å²) in [5, 5.41) is 10.6. The number of aliphatic hydroxyl groups excluding tert-OH is 1. The van der Waals surface area contributed by atoms with Gasteiger partial charge in [0.2, 0.25) is 0 Å². The Hall–Kier alpha value is -0.640. The molecule has 0 aromatic heterocycles. The summed E-state index contributed by atoms with van der Waals surface area (Å²) >= 11 is 0. The van der Waals surface area contributed by atoms with Crippen LogP contribution in [-0.2, 0) is 9.47 Å².